The highest BCUT2D eigenvalue weighted by Crippen LogP contribution is 2.17. The summed E-state index contributed by atoms with van der Waals surface area (Å²) < 4.78 is 1.98. The van der Waals surface area contributed by atoms with Gasteiger partial charge in [-0.15, -0.1) is 34.2 Å². The second-order valence-electron chi connectivity index (χ2n) is 6.72. The molecule has 1 aliphatic rings. The molecule has 2 heterocycles. The number of hydrogen-bond donors (Lipinski definition) is 2. The van der Waals surface area contributed by atoms with Crippen molar-refractivity contribution in [2.24, 2.45) is 12.0 Å². The Labute approximate surface area is 183 Å². The van der Waals surface area contributed by atoms with Crippen LogP contribution in [0.5, 0.6) is 0 Å². The van der Waals surface area contributed by atoms with Crippen LogP contribution in [0.3, 0.4) is 0 Å². The van der Waals surface area contributed by atoms with Gasteiger partial charge < -0.3 is 15.2 Å². The Bertz CT molecular complexity index is 727. The molecule has 6 nitrogen and oxygen atoms in total. The van der Waals surface area contributed by atoms with Gasteiger partial charge in [0.05, 0.1) is 6.04 Å². The van der Waals surface area contributed by atoms with Crippen LogP contribution in [0, 0.1) is 6.92 Å². The molecule has 148 valence electrons. The van der Waals surface area contributed by atoms with Crippen molar-refractivity contribution >= 4 is 41.7 Å². The van der Waals surface area contributed by atoms with Crippen LogP contribution in [-0.2, 0) is 13.6 Å². The number of rotatable bonds is 5. The number of guanidine groups is 1. The molecule has 0 spiro atoms. The van der Waals surface area contributed by atoms with Crippen molar-refractivity contribution in [2.45, 2.75) is 45.3 Å². The summed E-state index contributed by atoms with van der Waals surface area (Å²) in [6.07, 6.45) is 2.45. The van der Waals surface area contributed by atoms with Crippen LogP contribution >= 0.6 is 35.7 Å². The number of aryl methyl sites for hydroxylation is 1. The minimum Gasteiger partial charge on any atom is -0.353 e. The summed E-state index contributed by atoms with van der Waals surface area (Å²) in [6.45, 7) is 4.62. The average Bonchev–Trinajstić information content (AvgIpc) is 2.99. The normalized spacial score (nSPS) is 18.5. The lowest BCUT2D eigenvalue weighted by atomic mass is 10.1. The molecule has 27 heavy (non-hydrogen) atoms. The number of nitrogens with one attached hydrogen (secondary N) is 2. The van der Waals surface area contributed by atoms with Gasteiger partial charge in [0.15, 0.2) is 11.8 Å². The first-order valence-corrected chi connectivity index (χ1v) is 10.3. The van der Waals surface area contributed by atoms with Crippen LogP contribution in [-0.4, -0.2) is 38.3 Å². The van der Waals surface area contributed by atoms with Gasteiger partial charge in [-0.25, -0.2) is 4.99 Å². The monoisotopic (exact) mass is 500 g/mol. The van der Waals surface area contributed by atoms with Crippen LogP contribution < -0.4 is 10.6 Å². The third-order valence-corrected chi connectivity index (χ3v) is 5.93. The Kier molecular flexibility index (Phi) is 8.88. The van der Waals surface area contributed by atoms with E-state index in [0.29, 0.717) is 12.6 Å². The van der Waals surface area contributed by atoms with Gasteiger partial charge in [0, 0.05) is 18.8 Å². The number of benzene rings is 1. The highest BCUT2D eigenvalue weighted by Gasteiger charge is 2.17. The van der Waals surface area contributed by atoms with E-state index in [2.05, 4.69) is 52.0 Å². The third-order valence-electron chi connectivity index (χ3n) is 4.72. The van der Waals surface area contributed by atoms with Crippen LogP contribution in [0.2, 0.25) is 0 Å². The topological polar surface area (TPSA) is 67.1 Å². The molecule has 1 fully saturated rings. The molecule has 0 amide bonds. The fourth-order valence-electron chi connectivity index (χ4n) is 2.95. The zero-order valence-corrected chi connectivity index (χ0v) is 19.3. The van der Waals surface area contributed by atoms with Crippen LogP contribution in [0.15, 0.2) is 35.3 Å². The van der Waals surface area contributed by atoms with E-state index in [-0.39, 0.29) is 30.0 Å². The summed E-state index contributed by atoms with van der Waals surface area (Å²) in [5.41, 5.74) is 1.24. The van der Waals surface area contributed by atoms with Crippen molar-refractivity contribution in [1.82, 2.24) is 25.4 Å². The third kappa shape index (κ3) is 6.38. The SMILES string of the molecule is Cc1nnc(CN=C(NC2CCCSC2)NC(C)c2ccccc2)n1C.I. The maximum absolute atomic E-state index is 4.79. The van der Waals surface area contributed by atoms with E-state index in [1.807, 2.05) is 36.4 Å². The van der Waals surface area contributed by atoms with E-state index in [1.54, 1.807) is 0 Å². The Morgan fingerprint density at radius 1 is 1.33 bits per heavy atom. The molecular weight excluding hydrogens is 471 g/mol. The molecule has 0 saturated carbocycles. The second-order valence-corrected chi connectivity index (χ2v) is 7.87. The molecule has 0 radical (unpaired) electrons. The quantitative estimate of drug-likeness (QED) is 0.374. The highest BCUT2D eigenvalue weighted by molar-refractivity contribution is 14.0. The Morgan fingerprint density at radius 2 is 2.11 bits per heavy atom. The maximum atomic E-state index is 4.79. The number of thioether (sulfide) groups is 1. The Hall–Kier alpha value is -1.29. The average molecular weight is 500 g/mol. The number of aliphatic imine (C=N–C) groups is 1. The van der Waals surface area contributed by atoms with Gasteiger partial charge in [-0.1, -0.05) is 30.3 Å². The van der Waals surface area contributed by atoms with Gasteiger partial charge in [0.1, 0.15) is 12.4 Å². The van der Waals surface area contributed by atoms with E-state index in [9.17, 15) is 0 Å². The van der Waals surface area contributed by atoms with Gasteiger partial charge in [-0.05, 0) is 38.0 Å². The van der Waals surface area contributed by atoms with E-state index in [4.69, 9.17) is 4.99 Å². The number of hydrogen-bond acceptors (Lipinski definition) is 4. The molecule has 2 N–H and O–H groups in total. The summed E-state index contributed by atoms with van der Waals surface area (Å²) >= 11 is 2.01. The molecule has 0 bridgehead atoms. The lowest BCUT2D eigenvalue weighted by molar-refractivity contribution is 0.569. The molecule has 1 aromatic carbocycles. The van der Waals surface area contributed by atoms with Gasteiger partial charge in [-0.2, -0.15) is 11.8 Å². The van der Waals surface area contributed by atoms with E-state index >= 15 is 0 Å². The summed E-state index contributed by atoms with van der Waals surface area (Å²) in [4.78, 5) is 4.79. The van der Waals surface area contributed by atoms with Gasteiger partial charge in [-0.3, -0.25) is 0 Å². The molecule has 1 saturated heterocycles. The Morgan fingerprint density at radius 3 is 2.74 bits per heavy atom. The minimum atomic E-state index is 0. The van der Waals surface area contributed by atoms with Crippen LogP contribution in [0.25, 0.3) is 0 Å². The molecule has 2 unspecified atom stereocenters. The number of aromatic nitrogens is 3. The zero-order valence-electron chi connectivity index (χ0n) is 16.2. The highest BCUT2D eigenvalue weighted by atomic mass is 127. The van der Waals surface area contributed by atoms with Crippen molar-refractivity contribution in [3.63, 3.8) is 0 Å². The lowest BCUT2D eigenvalue weighted by Crippen LogP contribution is -2.46. The molecule has 8 heteroatoms. The van der Waals surface area contributed by atoms with E-state index in [0.717, 1.165) is 23.4 Å². The lowest BCUT2D eigenvalue weighted by Gasteiger charge is -2.26. The molecule has 0 aliphatic carbocycles. The fourth-order valence-corrected chi connectivity index (χ4v) is 4.02. The number of nitrogens with zero attached hydrogens (tertiary/aromatic N) is 4. The zero-order chi connectivity index (χ0) is 18.4. The molecular formula is C19H29IN6S. The fraction of sp³-hybridized carbons (Fsp3) is 0.526. The largest absolute Gasteiger partial charge is 0.353 e. The summed E-state index contributed by atoms with van der Waals surface area (Å²) in [6, 6.07) is 11.1. The van der Waals surface area contributed by atoms with Crippen molar-refractivity contribution in [3.8, 4) is 0 Å². The molecule has 2 aromatic rings. The molecule has 3 rings (SSSR count). The minimum absolute atomic E-state index is 0. The standard InChI is InChI=1S/C19H28N6S.HI/c1-14(16-8-5-4-6-9-16)21-19(22-17-10-7-11-26-13-17)20-12-18-24-23-15(2)25(18)3;/h4-6,8-9,14,17H,7,10-13H2,1-3H3,(H2,20,21,22);1H. The summed E-state index contributed by atoms with van der Waals surface area (Å²) in [5, 5.41) is 15.5. The number of halogens is 1. The first kappa shape index (κ1) is 22.0. The Balaban J connectivity index is 0.00000261. The van der Waals surface area contributed by atoms with Crippen molar-refractivity contribution < 1.29 is 0 Å². The molecule has 1 aromatic heterocycles. The predicted molar refractivity (Wildman–Crippen MR) is 124 cm³/mol. The first-order valence-electron chi connectivity index (χ1n) is 9.18. The van der Waals surface area contributed by atoms with Crippen LogP contribution in [0.1, 0.15) is 43.0 Å². The van der Waals surface area contributed by atoms with E-state index in [1.165, 1.54) is 24.2 Å². The summed E-state index contributed by atoms with van der Waals surface area (Å²) in [7, 11) is 1.98. The maximum Gasteiger partial charge on any atom is 0.192 e. The van der Waals surface area contributed by atoms with Gasteiger partial charge >= 0.3 is 0 Å². The van der Waals surface area contributed by atoms with Crippen molar-refractivity contribution in [3.05, 3.63) is 47.5 Å². The second kappa shape index (κ2) is 10.9. The van der Waals surface area contributed by atoms with Gasteiger partial charge in [0.2, 0.25) is 0 Å². The first-order chi connectivity index (χ1) is 12.6. The summed E-state index contributed by atoms with van der Waals surface area (Å²) in [5.74, 6) is 5.00. The van der Waals surface area contributed by atoms with E-state index < -0.39 is 0 Å². The smallest absolute Gasteiger partial charge is 0.192 e. The predicted octanol–water partition coefficient (Wildman–Crippen LogP) is 3.43. The van der Waals surface area contributed by atoms with Crippen molar-refractivity contribution in [2.75, 3.05) is 11.5 Å². The van der Waals surface area contributed by atoms with Crippen molar-refractivity contribution in [1.29, 1.82) is 0 Å². The van der Waals surface area contributed by atoms with Gasteiger partial charge in [0.25, 0.3) is 0 Å². The molecule has 1 aliphatic heterocycles. The molecule has 2 atom stereocenters. The van der Waals surface area contributed by atoms with Crippen LogP contribution in [0.4, 0.5) is 0 Å².